The first-order chi connectivity index (χ1) is 16.2. The number of halogens is 2. The molecule has 0 saturated carbocycles. The number of benzene rings is 2. The summed E-state index contributed by atoms with van der Waals surface area (Å²) in [6, 6.07) is 11.7. The second kappa shape index (κ2) is 11.8. The van der Waals surface area contributed by atoms with Crippen molar-refractivity contribution in [2.24, 2.45) is 5.92 Å². The maximum atomic E-state index is 12.7. The highest BCUT2D eigenvalue weighted by atomic mass is 35.5. The van der Waals surface area contributed by atoms with Crippen LogP contribution in [0.1, 0.15) is 64.8 Å². The third-order valence-corrected chi connectivity index (χ3v) is 5.23. The molecular weight excluding hydrogens is 491 g/mol. The highest BCUT2D eigenvalue weighted by Crippen LogP contribution is 2.34. The van der Waals surface area contributed by atoms with E-state index in [2.05, 4.69) is 10.6 Å². The molecule has 0 aliphatic heterocycles. The lowest BCUT2D eigenvalue weighted by atomic mass is 9.84. The van der Waals surface area contributed by atoms with Crippen molar-refractivity contribution in [3.8, 4) is 0 Å². The molecule has 0 aliphatic carbocycles. The molecule has 2 aromatic rings. The zero-order valence-corrected chi connectivity index (χ0v) is 22.2. The quantitative estimate of drug-likeness (QED) is 0.397. The van der Waals surface area contributed by atoms with Crippen LogP contribution in [0.2, 0.25) is 10.0 Å². The number of alkyl carbamates (subject to hydrolysis) is 2. The molecule has 0 bridgehead atoms. The van der Waals surface area contributed by atoms with Gasteiger partial charge in [-0.05, 0) is 76.9 Å². The molecule has 0 unspecified atom stereocenters. The Hall–Kier alpha value is -2.77. The van der Waals surface area contributed by atoms with Crippen LogP contribution in [0.25, 0.3) is 0 Å². The van der Waals surface area contributed by atoms with E-state index >= 15 is 0 Å². The van der Waals surface area contributed by atoms with E-state index in [-0.39, 0.29) is 0 Å². The standard InChI is InChI=1S/C26H32Cl2N2O5/c1-25(2,3)34-23(32)29-21(16-7-11-18(27)12-8-16)20(15-31)22(17-9-13-19(28)14-10-17)30-24(33)35-26(4,5)6/h7-15,20-22H,1-6H3,(H,29,32)(H,30,33)/t21-,22-/m1/s1. The number of carbonyl (C=O) groups excluding carboxylic acids is 3. The number of rotatable bonds is 7. The summed E-state index contributed by atoms with van der Waals surface area (Å²) < 4.78 is 10.9. The third-order valence-electron chi connectivity index (χ3n) is 4.73. The summed E-state index contributed by atoms with van der Waals surface area (Å²) in [6.45, 7) is 10.4. The summed E-state index contributed by atoms with van der Waals surface area (Å²) in [6.07, 6.45) is -0.736. The van der Waals surface area contributed by atoms with Crippen molar-refractivity contribution >= 4 is 41.7 Å². The Kier molecular flexibility index (Phi) is 9.58. The minimum Gasteiger partial charge on any atom is -0.444 e. The van der Waals surface area contributed by atoms with Gasteiger partial charge in [0.1, 0.15) is 17.5 Å². The Bertz CT molecular complexity index is 933. The molecule has 0 spiro atoms. The Morgan fingerprint density at radius 3 is 1.29 bits per heavy atom. The van der Waals surface area contributed by atoms with Gasteiger partial charge in [-0.15, -0.1) is 0 Å². The fraction of sp³-hybridized carbons (Fsp3) is 0.423. The lowest BCUT2D eigenvalue weighted by Gasteiger charge is -2.33. The van der Waals surface area contributed by atoms with Crippen molar-refractivity contribution in [3.63, 3.8) is 0 Å². The molecule has 0 heterocycles. The van der Waals surface area contributed by atoms with E-state index in [1.54, 1.807) is 90.1 Å². The first kappa shape index (κ1) is 28.5. The maximum absolute atomic E-state index is 12.7. The number of hydrogen-bond donors (Lipinski definition) is 2. The topological polar surface area (TPSA) is 93.7 Å². The minimum absolute atomic E-state index is 0.494. The van der Waals surface area contributed by atoms with Crippen LogP contribution in [0.3, 0.4) is 0 Å². The van der Waals surface area contributed by atoms with Crippen molar-refractivity contribution < 1.29 is 23.9 Å². The first-order valence-electron chi connectivity index (χ1n) is 11.1. The predicted molar refractivity (Wildman–Crippen MR) is 137 cm³/mol. The van der Waals surface area contributed by atoms with Gasteiger partial charge in [-0.3, -0.25) is 0 Å². The molecule has 0 fully saturated rings. The highest BCUT2D eigenvalue weighted by Gasteiger charge is 2.36. The fourth-order valence-electron chi connectivity index (χ4n) is 3.36. The van der Waals surface area contributed by atoms with E-state index < -0.39 is 41.4 Å². The number of hydrogen-bond acceptors (Lipinski definition) is 5. The van der Waals surface area contributed by atoms with Crippen molar-refractivity contribution in [2.75, 3.05) is 0 Å². The summed E-state index contributed by atoms with van der Waals surface area (Å²) in [7, 11) is 0. The van der Waals surface area contributed by atoms with Crippen molar-refractivity contribution in [2.45, 2.75) is 64.8 Å². The number of carbonyl (C=O) groups is 3. The van der Waals surface area contributed by atoms with Gasteiger partial charge in [-0.2, -0.15) is 0 Å². The Morgan fingerprint density at radius 2 is 1.03 bits per heavy atom. The van der Waals surface area contributed by atoms with E-state index in [0.29, 0.717) is 27.5 Å². The van der Waals surface area contributed by atoms with Gasteiger partial charge in [0.15, 0.2) is 0 Å². The van der Waals surface area contributed by atoms with E-state index in [4.69, 9.17) is 32.7 Å². The minimum atomic E-state index is -0.947. The van der Waals surface area contributed by atoms with Gasteiger partial charge >= 0.3 is 12.2 Å². The van der Waals surface area contributed by atoms with Gasteiger partial charge < -0.3 is 24.9 Å². The third kappa shape index (κ3) is 9.42. The van der Waals surface area contributed by atoms with Gasteiger partial charge in [0.05, 0.1) is 18.0 Å². The van der Waals surface area contributed by atoms with E-state index in [1.165, 1.54) is 0 Å². The van der Waals surface area contributed by atoms with Gasteiger partial charge in [-0.25, -0.2) is 9.59 Å². The van der Waals surface area contributed by atoms with Crippen LogP contribution in [0, 0.1) is 5.92 Å². The Morgan fingerprint density at radius 1 is 0.714 bits per heavy atom. The van der Waals surface area contributed by atoms with Crippen LogP contribution in [-0.2, 0) is 14.3 Å². The van der Waals surface area contributed by atoms with Gasteiger partial charge in [-0.1, -0.05) is 47.5 Å². The van der Waals surface area contributed by atoms with Crippen molar-refractivity contribution in [3.05, 3.63) is 69.7 Å². The molecule has 35 heavy (non-hydrogen) atoms. The molecule has 0 aromatic heterocycles. The van der Waals surface area contributed by atoms with Crippen molar-refractivity contribution in [1.82, 2.24) is 10.6 Å². The molecule has 2 atom stereocenters. The fourth-order valence-corrected chi connectivity index (χ4v) is 3.61. The van der Waals surface area contributed by atoms with E-state index in [1.807, 2.05) is 0 Å². The van der Waals surface area contributed by atoms with Crippen LogP contribution in [0.15, 0.2) is 48.5 Å². The maximum Gasteiger partial charge on any atom is 0.408 e. The van der Waals surface area contributed by atoms with Gasteiger partial charge in [0.25, 0.3) is 0 Å². The smallest absolute Gasteiger partial charge is 0.408 e. The number of ether oxygens (including phenoxy) is 2. The second-order valence-corrected chi connectivity index (χ2v) is 10.9. The van der Waals surface area contributed by atoms with Gasteiger partial charge in [0, 0.05) is 10.0 Å². The molecule has 0 radical (unpaired) electrons. The molecule has 2 amide bonds. The Balaban J connectivity index is 2.53. The van der Waals surface area contributed by atoms with Crippen molar-refractivity contribution in [1.29, 1.82) is 0 Å². The van der Waals surface area contributed by atoms with Crippen LogP contribution in [0.4, 0.5) is 9.59 Å². The molecule has 2 aromatic carbocycles. The van der Waals surface area contributed by atoms with Crippen LogP contribution >= 0.6 is 23.2 Å². The lowest BCUT2D eigenvalue weighted by molar-refractivity contribution is -0.112. The molecule has 2 rings (SSSR count). The average Bonchev–Trinajstić information content (AvgIpc) is 2.71. The van der Waals surface area contributed by atoms with Crippen LogP contribution in [0.5, 0.6) is 0 Å². The Labute approximate surface area is 216 Å². The van der Waals surface area contributed by atoms with Crippen LogP contribution in [-0.4, -0.2) is 29.7 Å². The monoisotopic (exact) mass is 522 g/mol. The van der Waals surface area contributed by atoms with E-state index in [0.717, 1.165) is 0 Å². The van der Waals surface area contributed by atoms with Gasteiger partial charge in [0.2, 0.25) is 0 Å². The summed E-state index contributed by atoms with van der Waals surface area (Å²) in [4.78, 5) is 38.0. The first-order valence-corrected chi connectivity index (χ1v) is 11.9. The summed E-state index contributed by atoms with van der Waals surface area (Å²) in [5.41, 5.74) is -0.310. The summed E-state index contributed by atoms with van der Waals surface area (Å²) in [5.74, 6) is -0.947. The van der Waals surface area contributed by atoms with E-state index in [9.17, 15) is 14.4 Å². The average molecular weight is 523 g/mol. The zero-order valence-electron chi connectivity index (χ0n) is 20.7. The molecular formula is C26H32Cl2N2O5. The number of nitrogens with one attached hydrogen (secondary N) is 2. The molecule has 2 N–H and O–H groups in total. The lowest BCUT2D eigenvalue weighted by Crippen LogP contribution is -2.44. The van der Waals surface area contributed by atoms with Crippen LogP contribution < -0.4 is 10.6 Å². The SMILES string of the molecule is CC(C)(C)OC(=O)N[C@H](c1ccc(Cl)cc1)C(C=O)[C@H](NC(=O)OC(C)(C)C)c1ccc(Cl)cc1. The molecule has 0 aliphatic rings. The molecule has 190 valence electrons. The number of amides is 2. The summed E-state index contributed by atoms with van der Waals surface area (Å²) >= 11 is 12.1. The normalized spacial score (nSPS) is 13.5. The second-order valence-electron chi connectivity index (χ2n) is 10.1. The molecule has 9 heteroatoms. The molecule has 7 nitrogen and oxygen atoms in total. The largest absolute Gasteiger partial charge is 0.444 e. The predicted octanol–water partition coefficient (Wildman–Crippen LogP) is 6.64. The zero-order chi connectivity index (χ0) is 26.4. The summed E-state index contributed by atoms with van der Waals surface area (Å²) in [5, 5.41) is 6.57. The molecule has 0 saturated heterocycles. The highest BCUT2D eigenvalue weighted by molar-refractivity contribution is 6.30. The number of aldehydes is 1.